The van der Waals surface area contributed by atoms with Crippen molar-refractivity contribution in [2.75, 3.05) is 26.1 Å². The lowest BCUT2D eigenvalue weighted by Gasteiger charge is -2.27. The first kappa shape index (κ1) is 20.6. The molecule has 4 aromatic rings. The van der Waals surface area contributed by atoms with Crippen molar-refractivity contribution in [3.8, 4) is 22.9 Å². The number of benzene rings is 2. The van der Waals surface area contributed by atoms with Crippen LogP contribution >= 0.6 is 22.9 Å². The molecule has 0 saturated heterocycles. The number of nitrogens with one attached hydrogen (secondary N) is 1. The molecule has 164 valence electrons. The van der Waals surface area contributed by atoms with Crippen LogP contribution in [0.5, 0.6) is 11.5 Å². The molecule has 2 aromatic heterocycles. The van der Waals surface area contributed by atoms with Crippen LogP contribution in [0.4, 0.5) is 10.5 Å². The summed E-state index contributed by atoms with van der Waals surface area (Å²) in [4.78, 5) is 21.2. The summed E-state index contributed by atoms with van der Waals surface area (Å²) < 4.78 is 12.4. The summed E-state index contributed by atoms with van der Waals surface area (Å²) in [6.07, 6.45) is 0.695. The third kappa shape index (κ3) is 3.74. The number of nitrogens with zero attached hydrogens (tertiary/aromatic N) is 4. The van der Waals surface area contributed by atoms with Gasteiger partial charge in [-0.2, -0.15) is 4.98 Å². The van der Waals surface area contributed by atoms with E-state index < -0.39 is 0 Å². The van der Waals surface area contributed by atoms with Crippen LogP contribution in [0.3, 0.4) is 0 Å². The molecule has 0 unspecified atom stereocenters. The zero-order valence-corrected chi connectivity index (χ0v) is 19.0. The predicted molar refractivity (Wildman–Crippen MR) is 124 cm³/mol. The van der Waals surface area contributed by atoms with Gasteiger partial charge in [0.1, 0.15) is 11.5 Å². The normalized spacial score (nSPS) is 13.2. The Kier molecular flexibility index (Phi) is 5.36. The summed E-state index contributed by atoms with van der Waals surface area (Å²) in [7, 11) is 3.20. The SMILES string of the molecule is COc1ccc(-c2nc3sc4c(n3n2)CCN(C(=O)Nc2cc(Cl)ccc2OC)C4)cc1. The Morgan fingerprint density at radius 2 is 1.97 bits per heavy atom. The van der Waals surface area contributed by atoms with Gasteiger partial charge in [-0.3, -0.25) is 0 Å². The lowest BCUT2D eigenvalue weighted by Crippen LogP contribution is -2.38. The van der Waals surface area contributed by atoms with E-state index in [4.69, 9.17) is 31.2 Å². The van der Waals surface area contributed by atoms with E-state index in [0.29, 0.717) is 41.8 Å². The largest absolute Gasteiger partial charge is 0.497 e. The average Bonchev–Trinajstić information content (AvgIpc) is 3.37. The molecule has 0 spiro atoms. The van der Waals surface area contributed by atoms with Gasteiger partial charge in [0.2, 0.25) is 4.96 Å². The number of anilines is 1. The Bertz CT molecular complexity index is 1300. The molecule has 3 heterocycles. The minimum Gasteiger partial charge on any atom is -0.497 e. The third-order valence-corrected chi connectivity index (χ3v) is 6.65. The third-order valence-electron chi connectivity index (χ3n) is 5.36. The Labute approximate surface area is 193 Å². The molecule has 0 aliphatic carbocycles. The second-order valence-electron chi connectivity index (χ2n) is 7.28. The number of rotatable bonds is 4. The van der Waals surface area contributed by atoms with Crippen molar-refractivity contribution in [2.45, 2.75) is 13.0 Å². The van der Waals surface area contributed by atoms with Crippen LogP contribution in [0.2, 0.25) is 5.02 Å². The van der Waals surface area contributed by atoms with Gasteiger partial charge in [-0.25, -0.2) is 9.31 Å². The second-order valence-corrected chi connectivity index (χ2v) is 8.78. The van der Waals surface area contributed by atoms with E-state index >= 15 is 0 Å². The summed E-state index contributed by atoms with van der Waals surface area (Å²) in [6, 6.07) is 12.6. The molecule has 0 bridgehead atoms. The monoisotopic (exact) mass is 469 g/mol. The maximum Gasteiger partial charge on any atom is 0.322 e. The van der Waals surface area contributed by atoms with Crippen molar-refractivity contribution < 1.29 is 14.3 Å². The highest BCUT2D eigenvalue weighted by Gasteiger charge is 2.27. The fraction of sp³-hybridized carbons (Fsp3) is 0.227. The van der Waals surface area contributed by atoms with Gasteiger partial charge in [0.05, 0.1) is 32.1 Å². The van der Waals surface area contributed by atoms with E-state index in [1.807, 2.05) is 28.8 Å². The molecule has 0 saturated carbocycles. The first-order chi connectivity index (χ1) is 15.6. The van der Waals surface area contributed by atoms with Gasteiger partial charge in [0, 0.05) is 28.4 Å². The summed E-state index contributed by atoms with van der Waals surface area (Å²) in [5.74, 6) is 2.03. The number of hydrogen-bond acceptors (Lipinski definition) is 6. The van der Waals surface area contributed by atoms with Gasteiger partial charge in [-0.15, -0.1) is 5.10 Å². The van der Waals surface area contributed by atoms with Crippen molar-refractivity contribution in [3.63, 3.8) is 0 Å². The van der Waals surface area contributed by atoms with E-state index in [0.717, 1.165) is 26.8 Å². The first-order valence-electron chi connectivity index (χ1n) is 9.97. The number of carbonyl (C=O) groups excluding carboxylic acids is 1. The fourth-order valence-electron chi connectivity index (χ4n) is 3.70. The minimum atomic E-state index is -0.200. The molecule has 1 aliphatic heterocycles. The number of ether oxygens (including phenoxy) is 2. The van der Waals surface area contributed by atoms with Gasteiger partial charge in [-0.1, -0.05) is 22.9 Å². The number of hydrogen-bond donors (Lipinski definition) is 1. The van der Waals surface area contributed by atoms with Crippen molar-refractivity contribution in [3.05, 3.63) is 58.1 Å². The topological polar surface area (TPSA) is 81.0 Å². The van der Waals surface area contributed by atoms with Crippen molar-refractivity contribution in [1.82, 2.24) is 19.5 Å². The molecule has 0 fully saturated rings. The maximum atomic E-state index is 12.9. The molecule has 1 N–H and O–H groups in total. The molecule has 32 heavy (non-hydrogen) atoms. The highest BCUT2D eigenvalue weighted by atomic mass is 35.5. The summed E-state index contributed by atoms with van der Waals surface area (Å²) >= 11 is 7.63. The minimum absolute atomic E-state index is 0.200. The van der Waals surface area contributed by atoms with E-state index in [1.54, 1.807) is 48.7 Å². The van der Waals surface area contributed by atoms with Gasteiger partial charge < -0.3 is 19.7 Å². The molecule has 0 atom stereocenters. The highest BCUT2D eigenvalue weighted by molar-refractivity contribution is 7.17. The molecular formula is C22H20ClN5O3S. The number of urea groups is 1. The lowest BCUT2D eigenvalue weighted by molar-refractivity contribution is 0.206. The van der Waals surface area contributed by atoms with Gasteiger partial charge in [-0.05, 0) is 42.5 Å². The molecule has 1 aliphatic rings. The van der Waals surface area contributed by atoms with Crippen molar-refractivity contribution in [1.29, 1.82) is 0 Å². The smallest absolute Gasteiger partial charge is 0.322 e. The van der Waals surface area contributed by atoms with Crippen molar-refractivity contribution in [2.24, 2.45) is 0 Å². The van der Waals surface area contributed by atoms with Crippen LogP contribution in [-0.4, -0.2) is 46.3 Å². The Morgan fingerprint density at radius 3 is 2.72 bits per heavy atom. The first-order valence-corrected chi connectivity index (χ1v) is 11.2. The maximum absolute atomic E-state index is 12.9. The number of methoxy groups -OCH3 is 2. The number of fused-ring (bicyclic) bond motifs is 3. The zero-order valence-electron chi connectivity index (χ0n) is 17.5. The Morgan fingerprint density at radius 1 is 1.16 bits per heavy atom. The summed E-state index contributed by atoms with van der Waals surface area (Å²) in [5, 5.41) is 8.14. The molecule has 2 aromatic carbocycles. The van der Waals surface area contributed by atoms with Crippen molar-refractivity contribution >= 4 is 39.6 Å². The Hall–Kier alpha value is -3.30. The molecule has 0 radical (unpaired) electrons. The van der Waals surface area contributed by atoms with Crippen LogP contribution in [0, 0.1) is 0 Å². The standard InChI is InChI=1S/C22H20ClN5O3S/c1-30-15-6-3-13(4-7-15)20-25-22-28(26-20)17-9-10-27(12-19(17)32-22)21(29)24-16-11-14(23)5-8-18(16)31-2/h3-8,11H,9-10,12H2,1-2H3,(H,24,29). The fourth-order valence-corrected chi connectivity index (χ4v) is 4.99. The number of amides is 2. The molecular weight excluding hydrogens is 450 g/mol. The van der Waals surface area contributed by atoms with Gasteiger partial charge in [0.15, 0.2) is 5.82 Å². The van der Waals surface area contributed by atoms with Crippen LogP contribution < -0.4 is 14.8 Å². The van der Waals surface area contributed by atoms with E-state index in [-0.39, 0.29) is 6.03 Å². The number of carbonyl (C=O) groups is 1. The summed E-state index contributed by atoms with van der Waals surface area (Å²) in [5.41, 5.74) is 2.58. The van der Waals surface area contributed by atoms with Gasteiger partial charge in [0.25, 0.3) is 0 Å². The number of aromatic nitrogens is 3. The van der Waals surface area contributed by atoms with Crippen LogP contribution in [0.25, 0.3) is 16.3 Å². The van der Waals surface area contributed by atoms with Gasteiger partial charge >= 0.3 is 6.03 Å². The molecule has 5 rings (SSSR count). The lowest BCUT2D eigenvalue weighted by atomic mass is 10.2. The number of thiazole rings is 1. The van der Waals surface area contributed by atoms with Crippen LogP contribution in [0.15, 0.2) is 42.5 Å². The van der Waals surface area contributed by atoms with E-state index in [1.165, 1.54) is 0 Å². The number of halogens is 1. The average molecular weight is 470 g/mol. The Balaban J connectivity index is 1.35. The van der Waals surface area contributed by atoms with E-state index in [9.17, 15) is 4.79 Å². The van der Waals surface area contributed by atoms with Crippen LogP contribution in [-0.2, 0) is 13.0 Å². The molecule has 2 amide bonds. The summed E-state index contributed by atoms with van der Waals surface area (Å²) in [6.45, 7) is 1.07. The predicted octanol–water partition coefficient (Wildman–Crippen LogP) is 4.72. The zero-order chi connectivity index (χ0) is 22.2. The highest BCUT2D eigenvalue weighted by Crippen LogP contribution is 2.32. The quantitative estimate of drug-likeness (QED) is 0.467. The molecule has 8 nitrogen and oxygen atoms in total. The molecule has 10 heteroatoms. The second kappa shape index (κ2) is 8.33. The van der Waals surface area contributed by atoms with Crippen LogP contribution in [0.1, 0.15) is 10.6 Å². The van der Waals surface area contributed by atoms with E-state index in [2.05, 4.69) is 5.32 Å².